The highest BCUT2D eigenvalue weighted by atomic mass is 79.9. The van der Waals surface area contributed by atoms with Crippen LogP contribution in [0.4, 0.5) is 5.69 Å². The Morgan fingerprint density at radius 3 is 2.38 bits per heavy atom. The van der Waals surface area contributed by atoms with Gasteiger partial charge in [0.1, 0.15) is 0 Å². The van der Waals surface area contributed by atoms with Crippen LogP contribution < -0.4 is 5.56 Å². The number of nitrogens with zero attached hydrogens (tertiary/aromatic N) is 2. The van der Waals surface area contributed by atoms with Crippen molar-refractivity contribution in [3.05, 3.63) is 72.1 Å². The van der Waals surface area contributed by atoms with E-state index in [0.717, 1.165) is 11.1 Å². The Morgan fingerprint density at radius 1 is 1.29 bits per heavy atom. The maximum Gasteiger partial charge on any atom is 0.289 e. The number of aliphatic hydroxyl groups excluding tert-OH is 1. The molecule has 1 aromatic heterocycles. The molecule has 21 heavy (non-hydrogen) atoms. The molecule has 1 aromatic carbocycles. The number of halogens is 1. The topological polar surface area (TPSA) is 85.4 Å². The predicted octanol–water partition coefficient (Wildman–Crippen LogP) is 2.37. The van der Waals surface area contributed by atoms with E-state index in [9.17, 15) is 14.9 Å². The van der Waals surface area contributed by atoms with Gasteiger partial charge in [-0.05, 0) is 34.0 Å². The van der Waals surface area contributed by atoms with E-state index in [4.69, 9.17) is 5.11 Å². The van der Waals surface area contributed by atoms with Crippen LogP contribution in [0.2, 0.25) is 0 Å². The first kappa shape index (κ1) is 15.4. The standard InChI is InChI=1S/C14H13BrN2O4/c1-9-12(17(20)21)7-16(14(19)13(9)15)6-10-2-4-11(8-18)5-3-10/h2-5,7,18H,6,8H2,1H3. The average Bonchev–Trinajstić information content (AvgIpc) is 2.48. The Bertz CT molecular complexity index is 738. The smallest absolute Gasteiger partial charge is 0.289 e. The highest BCUT2D eigenvalue weighted by molar-refractivity contribution is 9.10. The van der Waals surface area contributed by atoms with E-state index in [1.807, 2.05) is 0 Å². The molecule has 0 radical (unpaired) electrons. The van der Waals surface area contributed by atoms with E-state index in [1.54, 1.807) is 24.3 Å². The van der Waals surface area contributed by atoms with Crippen molar-refractivity contribution in [2.45, 2.75) is 20.1 Å². The fourth-order valence-corrected chi connectivity index (χ4v) is 2.38. The van der Waals surface area contributed by atoms with E-state index in [1.165, 1.54) is 17.7 Å². The van der Waals surface area contributed by atoms with Gasteiger partial charge in [-0.15, -0.1) is 0 Å². The zero-order chi connectivity index (χ0) is 15.6. The van der Waals surface area contributed by atoms with Gasteiger partial charge in [-0.1, -0.05) is 24.3 Å². The second-order valence-corrected chi connectivity index (χ2v) is 5.41. The summed E-state index contributed by atoms with van der Waals surface area (Å²) in [6, 6.07) is 7.05. The first-order chi connectivity index (χ1) is 9.93. The molecular formula is C14H13BrN2O4. The van der Waals surface area contributed by atoms with Crippen molar-refractivity contribution >= 4 is 21.6 Å². The molecular weight excluding hydrogens is 340 g/mol. The van der Waals surface area contributed by atoms with Crippen LogP contribution in [0, 0.1) is 17.0 Å². The molecule has 1 heterocycles. The second kappa shape index (κ2) is 6.19. The van der Waals surface area contributed by atoms with Gasteiger partial charge in [-0.25, -0.2) is 0 Å². The quantitative estimate of drug-likeness (QED) is 0.676. The summed E-state index contributed by atoms with van der Waals surface area (Å²) in [5, 5.41) is 20.0. The molecule has 0 unspecified atom stereocenters. The van der Waals surface area contributed by atoms with Gasteiger partial charge < -0.3 is 9.67 Å². The Hall–Kier alpha value is -1.99. The van der Waals surface area contributed by atoms with Gasteiger partial charge in [0.2, 0.25) is 0 Å². The molecule has 7 heteroatoms. The SMILES string of the molecule is Cc1c([N+](=O)[O-])cn(Cc2ccc(CO)cc2)c(=O)c1Br. The molecule has 2 rings (SSSR count). The molecule has 0 fully saturated rings. The number of rotatable bonds is 4. The largest absolute Gasteiger partial charge is 0.392 e. The lowest BCUT2D eigenvalue weighted by atomic mass is 10.1. The summed E-state index contributed by atoms with van der Waals surface area (Å²) < 4.78 is 1.49. The van der Waals surface area contributed by atoms with Gasteiger partial charge >= 0.3 is 0 Å². The molecule has 0 bridgehead atoms. The molecule has 0 aliphatic heterocycles. The summed E-state index contributed by atoms with van der Waals surface area (Å²) in [5.41, 5.74) is 1.48. The summed E-state index contributed by atoms with van der Waals surface area (Å²) in [4.78, 5) is 22.7. The van der Waals surface area contributed by atoms with Gasteiger partial charge in [-0.2, -0.15) is 0 Å². The average molecular weight is 353 g/mol. The minimum Gasteiger partial charge on any atom is -0.392 e. The number of hydrogen-bond acceptors (Lipinski definition) is 4. The monoisotopic (exact) mass is 352 g/mol. The van der Waals surface area contributed by atoms with Crippen LogP contribution >= 0.6 is 15.9 Å². The normalized spacial score (nSPS) is 10.6. The zero-order valence-electron chi connectivity index (χ0n) is 11.2. The van der Waals surface area contributed by atoms with Crippen molar-refractivity contribution in [3.63, 3.8) is 0 Å². The van der Waals surface area contributed by atoms with E-state index in [-0.39, 0.29) is 28.9 Å². The molecule has 0 saturated carbocycles. The highest BCUT2D eigenvalue weighted by Crippen LogP contribution is 2.22. The van der Waals surface area contributed by atoms with Crippen LogP contribution in [0.5, 0.6) is 0 Å². The Kier molecular flexibility index (Phi) is 4.54. The van der Waals surface area contributed by atoms with Crippen LogP contribution in [-0.2, 0) is 13.2 Å². The van der Waals surface area contributed by atoms with Crippen LogP contribution in [0.25, 0.3) is 0 Å². The van der Waals surface area contributed by atoms with Crippen molar-refractivity contribution in [1.29, 1.82) is 0 Å². The molecule has 0 amide bonds. The number of pyridine rings is 1. The lowest BCUT2D eigenvalue weighted by Gasteiger charge is -2.09. The number of benzene rings is 1. The first-order valence-corrected chi connectivity index (χ1v) is 6.96. The zero-order valence-corrected chi connectivity index (χ0v) is 12.8. The Morgan fingerprint density at radius 2 is 1.86 bits per heavy atom. The molecule has 0 aliphatic carbocycles. The van der Waals surface area contributed by atoms with Crippen LogP contribution in [0.15, 0.2) is 39.7 Å². The maximum absolute atomic E-state index is 12.1. The summed E-state index contributed by atoms with van der Waals surface area (Å²) in [5.74, 6) is 0. The predicted molar refractivity (Wildman–Crippen MR) is 81.3 cm³/mol. The van der Waals surface area contributed by atoms with Gasteiger partial charge in [0.05, 0.1) is 28.7 Å². The summed E-state index contributed by atoms with van der Waals surface area (Å²) in [6.45, 7) is 1.70. The van der Waals surface area contributed by atoms with Crippen LogP contribution in [0.1, 0.15) is 16.7 Å². The molecule has 110 valence electrons. The molecule has 0 spiro atoms. The fourth-order valence-electron chi connectivity index (χ4n) is 1.95. The van der Waals surface area contributed by atoms with E-state index in [2.05, 4.69) is 15.9 Å². The van der Waals surface area contributed by atoms with Crippen LogP contribution in [0.3, 0.4) is 0 Å². The summed E-state index contributed by atoms with van der Waals surface area (Å²) in [6.07, 6.45) is 1.25. The number of nitro groups is 1. The molecule has 0 aliphatic rings. The molecule has 1 N–H and O–H groups in total. The Balaban J connectivity index is 2.43. The summed E-state index contributed by atoms with van der Waals surface area (Å²) >= 11 is 3.11. The second-order valence-electron chi connectivity index (χ2n) is 4.62. The van der Waals surface area contributed by atoms with E-state index >= 15 is 0 Å². The highest BCUT2D eigenvalue weighted by Gasteiger charge is 2.18. The third kappa shape index (κ3) is 3.20. The summed E-state index contributed by atoms with van der Waals surface area (Å²) in [7, 11) is 0. The number of aliphatic hydroxyl groups is 1. The molecule has 6 nitrogen and oxygen atoms in total. The third-order valence-corrected chi connectivity index (χ3v) is 4.13. The maximum atomic E-state index is 12.1. The van der Waals surface area contributed by atoms with Crippen molar-refractivity contribution in [2.24, 2.45) is 0 Å². The van der Waals surface area contributed by atoms with Crippen molar-refractivity contribution in [2.75, 3.05) is 0 Å². The van der Waals surface area contributed by atoms with Crippen molar-refractivity contribution in [1.82, 2.24) is 4.57 Å². The molecule has 2 aromatic rings. The minimum atomic E-state index is -0.509. The van der Waals surface area contributed by atoms with Crippen molar-refractivity contribution in [3.8, 4) is 0 Å². The van der Waals surface area contributed by atoms with Crippen LogP contribution in [-0.4, -0.2) is 14.6 Å². The van der Waals surface area contributed by atoms with Gasteiger partial charge in [-0.3, -0.25) is 14.9 Å². The fraction of sp³-hybridized carbons (Fsp3) is 0.214. The van der Waals surface area contributed by atoms with E-state index in [0.29, 0.717) is 5.56 Å². The lowest BCUT2D eigenvalue weighted by molar-refractivity contribution is -0.386. The molecule has 0 saturated heterocycles. The molecule has 0 atom stereocenters. The third-order valence-electron chi connectivity index (χ3n) is 3.20. The van der Waals surface area contributed by atoms with E-state index < -0.39 is 4.92 Å². The van der Waals surface area contributed by atoms with Gasteiger partial charge in [0.25, 0.3) is 11.2 Å². The lowest BCUT2D eigenvalue weighted by Crippen LogP contribution is -2.22. The number of aromatic nitrogens is 1. The number of hydrogen-bond donors (Lipinski definition) is 1. The van der Waals surface area contributed by atoms with Gasteiger partial charge in [0.15, 0.2) is 0 Å². The first-order valence-electron chi connectivity index (χ1n) is 6.16. The van der Waals surface area contributed by atoms with Gasteiger partial charge in [0, 0.05) is 5.56 Å². The van der Waals surface area contributed by atoms with Crippen molar-refractivity contribution < 1.29 is 10.0 Å². The minimum absolute atomic E-state index is 0.0538. The Labute approximate surface area is 128 Å².